The van der Waals surface area contributed by atoms with Crippen molar-refractivity contribution in [2.45, 2.75) is 38.3 Å². The summed E-state index contributed by atoms with van der Waals surface area (Å²) in [6.07, 6.45) is -1.61. The molecule has 42 heavy (non-hydrogen) atoms. The number of halogens is 5. The van der Waals surface area contributed by atoms with Crippen LogP contribution in [0.2, 0.25) is 0 Å². The van der Waals surface area contributed by atoms with Gasteiger partial charge in [-0.05, 0) is 54.3 Å². The maximum Gasteiger partial charge on any atom is 0.282 e. The lowest BCUT2D eigenvalue weighted by atomic mass is 9.94. The monoisotopic (exact) mass is 583 g/mol. The van der Waals surface area contributed by atoms with Crippen molar-refractivity contribution in [3.8, 4) is 11.1 Å². The van der Waals surface area contributed by atoms with Crippen LogP contribution in [0, 0.1) is 17.5 Å². The molecule has 216 valence electrons. The van der Waals surface area contributed by atoms with Gasteiger partial charge < -0.3 is 11.1 Å². The number of alkyl halides is 2. The fraction of sp³-hybridized carbons (Fsp3) is 0.207. The van der Waals surface area contributed by atoms with E-state index >= 15 is 0 Å². The van der Waals surface area contributed by atoms with Gasteiger partial charge >= 0.3 is 0 Å². The van der Waals surface area contributed by atoms with Crippen molar-refractivity contribution in [3.05, 3.63) is 106 Å². The average molecular weight is 584 g/mol. The number of Topliss-reactive ketones (excluding diaryl/α,β-unsaturated/α-hetero) is 1. The highest BCUT2D eigenvalue weighted by molar-refractivity contribution is 5.99. The zero-order chi connectivity index (χ0) is 30.1. The van der Waals surface area contributed by atoms with E-state index in [0.717, 1.165) is 22.9 Å². The Morgan fingerprint density at radius 3 is 2.43 bits per heavy atom. The minimum Gasteiger partial charge on any atom is -0.366 e. The predicted octanol–water partition coefficient (Wildman–Crippen LogP) is 4.63. The maximum atomic E-state index is 14.2. The van der Waals surface area contributed by atoms with Gasteiger partial charge in [-0.1, -0.05) is 12.1 Å². The third-order valence-electron chi connectivity index (χ3n) is 6.86. The van der Waals surface area contributed by atoms with E-state index in [9.17, 15) is 36.3 Å². The van der Waals surface area contributed by atoms with Crippen molar-refractivity contribution < 1.29 is 36.3 Å². The molecule has 2 amide bonds. The molecule has 0 spiro atoms. The van der Waals surface area contributed by atoms with Crippen LogP contribution in [0.4, 0.5) is 22.0 Å². The summed E-state index contributed by atoms with van der Waals surface area (Å²) in [5.74, 6) is -4.74. The molecule has 1 aliphatic rings. The Hall–Kier alpha value is -4.94. The Labute approximate surface area is 235 Å². The van der Waals surface area contributed by atoms with Crippen LogP contribution in [0.1, 0.15) is 62.2 Å². The number of nitrogens with one attached hydrogen (secondary N) is 1. The predicted molar refractivity (Wildman–Crippen MR) is 139 cm³/mol. The number of nitrogens with zero attached hydrogens (tertiary/aromatic N) is 3. The minimum absolute atomic E-state index is 0.0184. The van der Waals surface area contributed by atoms with E-state index in [0.29, 0.717) is 17.2 Å². The van der Waals surface area contributed by atoms with Crippen LogP contribution < -0.4 is 11.1 Å². The summed E-state index contributed by atoms with van der Waals surface area (Å²) in [5.41, 5.74) is 5.38. The van der Waals surface area contributed by atoms with Crippen LogP contribution in [-0.2, 0) is 24.2 Å². The summed E-state index contributed by atoms with van der Waals surface area (Å²) in [6.45, 7) is -0.598. The third kappa shape index (κ3) is 5.76. The van der Waals surface area contributed by atoms with Crippen molar-refractivity contribution in [1.29, 1.82) is 0 Å². The van der Waals surface area contributed by atoms with Gasteiger partial charge in [0, 0.05) is 29.8 Å². The zero-order valence-electron chi connectivity index (χ0n) is 21.7. The summed E-state index contributed by atoms with van der Waals surface area (Å²) in [6, 6.07) is 8.52. The number of primary amides is 1. The largest absolute Gasteiger partial charge is 0.366 e. The van der Waals surface area contributed by atoms with Crippen LogP contribution in [-0.4, -0.2) is 32.4 Å². The lowest BCUT2D eigenvalue weighted by Gasteiger charge is -2.22. The van der Waals surface area contributed by atoms with Crippen LogP contribution in [0.15, 0.2) is 54.7 Å². The molecule has 0 radical (unpaired) electrons. The molecule has 0 fully saturated rings. The van der Waals surface area contributed by atoms with Crippen molar-refractivity contribution >= 4 is 17.6 Å². The number of rotatable bonds is 9. The van der Waals surface area contributed by atoms with Gasteiger partial charge in [-0.15, -0.1) is 0 Å². The molecular weight excluding hydrogens is 561 g/mol. The molecule has 0 aliphatic heterocycles. The zero-order valence-corrected chi connectivity index (χ0v) is 21.7. The molecule has 8 nitrogen and oxygen atoms in total. The molecule has 3 N–H and O–H groups in total. The quantitative estimate of drug-likeness (QED) is 0.279. The summed E-state index contributed by atoms with van der Waals surface area (Å²) in [7, 11) is 0. The molecule has 1 aliphatic carbocycles. The Morgan fingerprint density at radius 1 is 1.00 bits per heavy atom. The molecule has 5 rings (SSSR count). The standard InChI is InChI=1S/C29H22F5N5O3/c30-16-8-14(9-17(31)12-16)10-22(25-18(2-1-7-36-25)15-3-5-21(32)20(11-15)29(35)42)37-24(41)13-39-27-19(4-6-23(27)40)26(38-39)28(33)34/h1-3,5,7-9,11-12,22,28H,4,6,10,13H2,(H2,35,42)(H,37,41)/t22-/m0/s1. The molecule has 0 saturated heterocycles. The number of aromatic nitrogens is 3. The fourth-order valence-corrected chi connectivity index (χ4v) is 5.10. The molecule has 0 bridgehead atoms. The highest BCUT2D eigenvalue weighted by Crippen LogP contribution is 2.32. The third-order valence-corrected chi connectivity index (χ3v) is 6.86. The second kappa shape index (κ2) is 11.5. The van der Waals surface area contributed by atoms with E-state index in [1.807, 2.05) is 0 Å². The summed E-state index contributed by atoms with van der Waals surface area (Å²) < 4.78 is 70.3. The van der Waals surface area contributed by atoms with Crippen LogP contribution >= 0.6 is 0 Å². The number of fused-ring (bicyclic) bond motifs is 1. The van der Waals surface area contributed by atoms with Gasteiger partial charge in [-0.2, -0.15) is 5.10 Å². The van der Waals surface area contributed by atoms with Crippen molar-refractivity contribution in [2.75, 3.05) is 0 Å². The average Bonchev–Trinajstić information content (AvgIpc) is 3.48. The number of nitrogens with two attached hydrogens (primary N) is 1. The van der Waals surface area contributed by atoms with Crippen molar-refractivity contribution in [3.63, 3.8) is 0 Å². The van der Waals surface area contributed by atoms with Gasteiger partial charge in [0.15, 0.2) is 5.78 Å². The van der Waals surface area contributed by atoms with Gasteiger partial charge in [0.05, 0.1) is 17.3 Å². The second-order valence-electron chi connectivity index (χ2n) is 9.69. The summed E-state index contributed by atoms with van der Waals surface area (Å²) >= 11 is 0. The van der Waals surface area contributed by atoms with Gasteiger partial charge in [0.1, 0.15) is 35.4 Å². The molecule has 2 aromatic heterocycles. The van der Waals surface area contributed by atoms with Crippen LogP contribution in [0.25, 0.3) is 11.1 Å². The number of ketones is 1. The number of amides is 2. The Bertz CT molecular complexity index is 1700. The van der Waals surface area contributed by atoms with E-state index in [1.165, 1.54) is 18.3 Å². The topological polar surface area (TPSA) is 120 Å². The molecule has 0 saturated carbocycles. The van der Waals surface area contributed by atoms with E-state index in [1.54, 1.807) is 12.1 Å². The number of benzene rings is 2. The van der Waals surface area contributed by atoms with E-state index in [4.69, 9.17) is 5.73 Å². The first-order valence-electron chi connectivity index (χ1n) is 12.7. The van der Waals surface area contributed by atoms with Crippen molar-refractivity contribution in [1.82, 2.24) is 20.1 Å². The number of carbonyl (C=O) groups excluding carboxylic acids is 3. The van der Waals surface area contributed by atoms with Crippen LogP contribution in [0.3, 0.4) is 0 Å². The molecule has 0 unspecified atom stereocenters. The summed E-state index contributed by atoms with van der Waals surface area (Å²) in [4.78, 5) is 41.8. The number of carbonyl (C=O) groups is 3. The normalized spacial score (nSPS) is 13.3. The molecule has 13 heteroatoms. The van der Waals surface area contributed by atoms with E-state index in [2.05, 4.69) is 15.4 Å². The number of pyridine rings is 1. The lowest BCUT2D eigenvalue weighted by molar-refractivity contribution is -0.122. The first kappa shape index (κ1) is 28.6. The smallest absolute Gasteiger partial charge is 0.282 e. The highest BCUT2D eigenvalue weighted by atomic mass is 19.3. The van der Waals surface area contributed by atoms with Gasteiger partial charge in [-0.25, -0.2) is 22.0 Å². The van der Waals surface area contributed by atoms with Crippen molar-refractivity contribution in [2.24, 2.45) is 5.73 Å². The van der Waals surface area contributed by atoms with Crippen LogP contribution in [0.5, 0.6) is 0 Å². The number of hydrogen-bond acceptors (Lipinski definition) is 5. The Morgan fingerprint density at radius 2 is 1.74 bits per heavy atom. The number of hydrogen-bond donors (Lipinski definition) is 2. The first-order valence-corrected chi connectivity index (χ1v) is 12.7. The highest BCUT2D eigenvalue weighted by Gasteiger charge is 2.33. The molecule has 1 atom stereocenters. The Balaban J connectivity index is 1.53. The van der Waals surface area contributed by atoms with Gasteiger partial charge in [0.2, 0.25) is 5.91 Å². The minimum atomic E-state index is -2.94. The Kier molecular flexibility index (Phi) is 7.83. The lowest BCUT2D eigenvalue weighted by Crippen LogP contribution is -2.34. The molecular formula is C29H22F5N5O3. The van der Waals surface area contributed by atoms with Gasteiger partial charge in [-0.3, -0.25) is 24.0 Å². The molecule has 2 aromatic carbocycles. The van der Waals surface area contributed by atoms with E-state index < -0.39 is 59.8 Å². The first-order chi connectivity index (χ1) is 20.0. The SMILES string of the molecule is NC(=O)c1cc(-c2cccnc2[C@H](Cc2cc(F)cc(F)c2)NC(=O)Cn2nc(C(F)F)c3c2C(=O)CC3)ccc1F. The summed E-state index contributed by atoms with van der Waals surface area (Å²) in [5, 5.41) is 6.50. The van der Waals surface area contributed by atoms with Gasteiger partial charge in [0.25, 0.3) is 12.3 Å². The molecule has 2 heterocycles. The molecule has 4 aromatic rings. The van der Waals surface area contributed by atoms with E-state index in [-0.39, 0.29) is 47.3 Å². The second-order valence-corrected chi connectivity index (χ2v) is 9.69. The maximum absolute atomic E-state index is 14.2. The fourth-order valence-electron chi connectivity index (χ4n) is 5.10.